The van der Waals surface area contributed by atoms with Gasteiger partial charge in [-0.05, 0) is 19.1 Å². The van der Waals surface area contributed by atoms with Crippen LogP contribution >= 0.6 is 11.3 Å². The first-order valence-electron chi connectivity index (χ1n) is 6.64. The van der Waals surface area contributed by atoms with Crippen molar-refractivity contribution in [2.45, 2.75) is 11.8 Å². The predicted octanol–water partition coefficient (Wildman–Crippen LogP) is 1.99. The summed E-state index contributed by atoms with van der Waals surface area (Å²) in [6, 6.07) is 4.20. The molecule has 0 unspecified atom stereocenters. The highest BCUT2D eigenvalue weighted by molar-refractivity contribution is 7.93. The lowest BCUT2D eigenvalue weighted by atomic mass is 10.3. The van der Waals surface area contributed by atoms with E-state index in [4.69, 9.17) is 14.6 Å². The van der Waals surface area contributed by atoms with Crippen LogP contribution in [0.25, 0.3) is 0 Å². The van der Waals surface area contributed by atoms with Crippen LogP contribution < -0.4 is 13.8 Å². The van der Waals surface area contributed by atoms with Crippen molar-refractivity contribution in [2.24, 2.45) is 0 Å². The lowest BCUT2D eigenvalue weighted by Crippen LogP contribution is -2.26. The Morgan fingerprint density at radius 2 is 1.88 bits per heavy atom. The third-order valence-electron chi connectivity index (χ3n) is 3.26. The minimum absolute atomic E-state index is 0.000591. The van der Waals surface area contributed by atoms with Crippen LogP contribution in [-0.2, 0) is 10.0 Å². The van der Waals surface area contributed by atoms with Gasteiger partial charge in [0.2, 0.25) is 0 Å². The number of aromatic nitrogens is 1. The van der Waals surface area contributed by atoms with E-state index in [0.29, 0.717) is 5.75 Å². The predicted molar refractivity (Wildman–Crippen MR) is 88.9 cm³/mol. The van der Waals surface area contributed by atoms with Gasteiger partial charge in [0, 0.05) is 13.1 Å². The number of thiazole rings is 1. The Morgan fingerprint density at radius 1 is 1.25 bits per heavy atom. The van der Waals surface area contributed by atoms with E-state index in [2.05, 4.69) is 4.98 Å². The second-order valence-corrected chi connectivity index (χ2v) is 7.65. The Bertz CT molecular complexity index is 875. The van der Waals surface area contributed by atoms with Gasteiger partial charge in [0.15, 0.2) is 16.6 Å². The largest absolute Gasteiger partial charge is 0.493 e. The molecule has 130 valence electrons. The number of anilines is 1. The number of sulfonamides is 1. The lowest BCUT2D eigenvalue weighted by Gasteiger charge is -2.17. The number of methoxy groups -OCH3 is 2. The first-order valence-corrected chi connectivity index (χ1v) is 8.89. The van der Waals surface area contributed by atoms with Crippen LogP contribution in [0.2, 0.25) is 0 Å². The van der Waals surface area contributed by atoms with Gasteiger partial charge in [0.25, 0.3) is 10.0 Å². The van der Waals surface area contributed by atoms with Crippen molar-refractivity contribution in [2.75, 3.05) is 25.6 Å². The molecule has 0 aliphatic rings. The van der Waals surface area contributed by atoms with Crippen LogP contribution in [0.3, 0.4) is 0 Å². The van der Waals surface area contributed by atoms with Gasteiger partial charge < -0.3 is 14.6 Å². The van der Waals surface area contributed by atoms with E-state index < -0.39 is 16.0 Å². The van der Waals surface area contributed by atoms with Gasteiger partial charge in [-0.25, -0.2) is 22.5 Å². The van der Waals surface area contributed by atoms with Gasteiger partial charge in [-0.15, -0.1) is 0 Å². The Hall–Kier alpha value is -2.33. The first kappa shape index (κ1) is 18.0. The Labute approximate surface area is 143 Å². The monoisotopic (exact) mass is 372 g/mol. The maximum absolute atomic E-state index is 12.7. The molecule has 8 nitrogen and oxygen atoms in total. The summed E-state index contributed by atoms with van der Waals surface area (Å²) in [6.45, 7) is 1.51. The van der Waals surface area contributed by atoms with Gasteiger partial charge in [-0.2, -0.15) is 0 Å². The van der Waals surface area contributed by atoms with Crippen molar-refractivity contribution in [1.82, 2.24) is 4.98 Å². The molecule has 0 aliphatic heterocycles. The Morgan fingerprint density at radius 3 is 2.38 bits per heavy atom. The third-order valence-corrected chi connectivity index (χ3v) is 6.34. The van der Waals surface area contributed by atoms with Crippen LogP contribution in [0.5, 0.6) is 11.5 Å². The average molecular weight is 372 g/mol. The summed E-state index contributed by atoms with van der Waals surface area (Å²) in [4.78, 5) is 15.1. The normalized spacial score (nSPS) is 11.2. The molecule has 1 N–H and O–H groups in total. The zero-order valence-corrected chi connectivity index (χ0v) is 15.1. The fourth-order valence-electron chi connectivity index (χ4n) is 1.95. The van der Waals surface area contributed by atoms with Crippen LogP contribution in [0, 0.1) is 6.92 Å². The second-order valence-electron chi connectivity index (χ2n) is 4.71. The molecule has 0 bridgehead atoms. The molecular formula is C14H16N2O6S2. The van der Waals surface area contributed by atoms with Crippen LogP contribution in [-0.4, -0.2) is 45.7 Å². The summed E-state index contributed by atoms with van der Waals surface area (Å²) < 4.78 is 36.6. The minimum Gasteiger partial charge on any atom is -0.493 e. The molecule has 24 heavy (non-hydrogen) atoms. The summed E-state index contributed by atoms with van der Waals surface area (Å²) in [7, 11) is 0.242. The first-order chi connectivity index (χ1) is 11.2. The maximum atomic E-state index is 12.7. The number of hydrogen-bond acceptors (Lipinski definition) is 7. The molecule has 2 rings (SSSR count). The second kappa shape index (κ2) is 6.65. The summed E-state index contributed by atoms with van der Waals surface area (Å²) in [6.07, 6.45) is 0. The minimum atomic E-state index is -3.93. The molecule has 0 fully saturated rings. The van der Waals surface area contributed by atoms with E-state index in [0.717, 1.165) is 15.6 Å². The van der Waals surface area contributed by atoms with Gasteiger partial charge in [0.1, 0.15) is 4.88 Å². The maximum Gasteiger partial charge on any atom is 0.347 e. The van der Waals surface area contributed by atoms with Gasteiger partial charge in [-0.3, -0.25) is 0 Å². The van der Waals surface area contributed by atoms with Crippen molar-refractivity contribution in [1.29, 1.82) is 0 Å². The zero-order chi connectivity index (χ0) is 18.1. The topological polar surface area (TPSA) is 106 Å². The molecule has 0 atom stereocenters. The van der Waals surface area contributed by atoms with Gasteiger partial charge in [-0.1, -0.05) is 11.3 Å². The molecule has 1 aromatic carbocycles. The summed E-state index contributed by atoms with van der Waals surface area (Å²) in [5.41, 5.74) is 0.261. The van der Waals surface area contributed by atoms with E-state index in [-0.39, 0.29) is 26.3 Å². The van der Waals surface area contributed by atoms with Crippen LogP contribution in [0.1, 0.15) is 15.4 Å². The molecule has 0 saturated heterocycles. The van der Waals surface area contributed by atoms with E-state index >= 15 is 0 Å². The number of carbonyl (C=O) groups is 1. The lowest BCUT2D eigenvalue weighted by molar-refractivity contribution is 0.0701. The number of rotatable bonds is 6. The zero-order valence-electron chi connectivity index (χ0n) is 13.4. The van der Waals surface area contributed by atoms with Crippen LogP contribution in [0.15, 0.2) is 23.1 Å². The Balaban J connectivity index is 2.46. The molecule has 0 amide bonds. The SMILES string of the molecule is COc1ccc(S(=O)(=O)N(C)c2nc(C)c(C(=O)O)s2)cc1OC. The number of carboxylic acids is 1. The van der Waals surface area contributed by atoms with Crippen molar-refractivity contribution in [3.05, 3.63) is 28.8 Å². The number of hydrogen-bond donors (Lipinski definition) is 1. The van der Waals surface area contributed by atoms with E-state index in [1.165, 1.54) is 46.4 Å². The number of nitrogens with zero attached hydrogens (tertiary/aromatic N) is 2. The summed E-state index contributed by atoms with van der Waals surface area (Å²) in [5, 5.41) is 9.15. The smallest absolute Gasteiger partial charge is 0.347 e. The van der Waals surface area contributed by atoms with Crippen molar-refractivity contribution in [3.8, 4) is 11.5 Å². The molecule has 1 heterocycles. The standard InChI is InChI=1S/C14H16N2O6S2/c1-8-12(13(17)18)23-14(15-8)16(2)24(19,20)9-5-6-10(21-3)11(7-9)22-4/h5-7H,1-4H3,(H,17,18). The molecule has 0 spiro atoms. The molecule has 0 saturated carbocycles. The molecule has 10 heteroatoms. The number of aryl methyl sites for hydroxylation is 1. The highest BCUT2D eigenvalue weighted by Crippen LogP contribution is 2.33. The summed E-state index contributed by atoms with van der Waals surface area (Å²) >= 11 is 0.795. The number of aromatic carboxylic acids is 1. The molecule has 0 radical (unpaired) electrons. The number of benzene rings is 1. The average Bonchev–Trinajstić information content (AvgIpc) is 2.95. The van der Waals surface area contributed by atoms with E-state index in [1.807, 2.05) is 0 Å². The number of carboxylic acid groups (broad SMARTS) is 1. The fraction of sp³-hybridized carbons (Fsp3) is 0.286. The van der Waals surface area contributed by atoms with Crippen molar-refractivity contribution in [3.63, 3.8) is 0 Å². The quantitative estimate of drug-likeness (QED) is 0.826. The highest BCUT2D eigenvalue weighted by Gasteiger charge is 2.27. The van der Waals surface area contributed by atoms with Gasteiger partial charge >= 0.3 is 5.97 Å². The highest BCUT2D eigenvalue weighted by atomic mass is 32.2. The summed E-state index contributed by atoms with van der Waals surface area (Å²) in [5.74, 6) is -0.473. The van der Waals surface area contributed by atoms with E-state index in [9.17, 15) is 13.2 Å². The number of ether oxygens (including phenoxy) is 2. The molecule has 0 aliphatic carbocycles. The van der Waals surface area contributed by atoms with E-state index in [1.54, 1.807) is 0 Å². The van der Waals surface area contributed by atoms with Gasteiger partial charge in [0.05, 0.1) is 24.8 Å². The van der Waals surface area contributed by atoms with Crippen molar-refractivity contribution < 1.29 is 27.8 Å². The molecule has 1 aromatic heterocycles. The third kappa shape index (κ3) is 3.15. The Kier molecular flexibility index (Phi) is 4.99. The van der Waals surface area contributed by atoms with Crippen molar-refractivity contribution >= 4 is 32.5 Å². The van der Waals surface area contributed by atoms with Crippen LogP contribution in [0.4, 0.5) is 5.13 Å². The molecular weight excluding hydrogens is 356 g/mol. The molecule has 2 aromatic rings. The fourth-order valence-corrected chi connectivity index (χ4v) is 4.19.